The van der Waals surface area contributed by atoms with Crippen LogP contribution in [0.4, 0.5) is 5.69 Å². The van der Waals surface area contributed by atoms with Crippen molar-refractivity contribution in [2.45, 2.75) is 31.8 Å². The summed E-state index contributed by atoms with van der Waals surface area (Å²) in [7, 11) is 0. The van der Waals surface area contributed by atoms with Crippen LogP contribution in [0.15, 0.2) is 78.9 Å². The third-order valence-electron chi connectivity index (χ3n) is 7.62. The number of benzene rings is 3. The summed E-state index contributed by atoms with van der Waals surface area (Å²) >= 11 is 0. The first-order chi connectivity index (χ1) is 17.4. The topological polar surface area (TPSA) is 80.8 Å². The van der Waals surface area contributed by atoms with Crippen molar-refractivity contribution in [3.63, 3.8) is 0 Å². The minimum atomic E-state index is -1.54. The van der Waals surface area contributed by atoms with Crippen LogP contribution in [0.25, 0.3) is 6.08 Å². The number of para-hydroxylation sites is 1. The van der Waals surface area contributed by atoms with Gasteiger partial charge in [0.1, 0.15) is 5.41 Å². The largest absolute Gasteiger partial charge is 0.424 e. The number of carbonyl (C=O) groups is 4. The first-order valence-corrected chi connectivity index (χ1v) is 11.9. The molecule has 6 nitrogen and oxygen atoms in total. The Balaban J connectivity index is 1.68. The van der Waals surface area contributed by atoms with Gasteiger partial charge in [-0.05, 0) is 18.6 Å². The number of fused-ring (bicyclic) bond motifs is 5. The highest BCUT2D eigenvalue weighted by Crippen LogP contribution is 2.61. The average Bonchev–Trinajstić information content (AvgIpc) is 3.31. The van der Waals surface area contributed by atoms with E-state index in [4.69, 9.17) is 4.74 Å². The Morgan fingerprint density at radius 2 is 1.47 bits per heavy atom. The Kier molecular flexibility index (Phi) is 4.83. The number of ketones is 3. The summed E-state index contributed by atoms with van der Waals surface area (Å²) in [4.78, 5) is 55.9. The molecule has 1 aliphatic carbocycles. The van der Waals surface area contributed by atoms with E-state index in [1.807, 2.05) is 53.5 Å². The van der Waals surface area contributed by atoms with E-state index in [2.05, 4.69) is 0 Å². The molecule has 3 aliphatic rings. The van der Waals surface area contributed by atoms with Gasteiger partial charge >= 0.3 is 5.97 Å². The van der Waals surface area contributed by atoms with E-state index in [0.29, 0.717) is 22.6 Å². The zero-order valence-electron chi connectivity index (χ0n) is 19.8. The summed E-state index contributed by atoms with van der Waals surface area (Å²) in [5.74, 6) is -1.69. The van der Waals surface area contributed by atoms with Crippen LogP contribution < -0.4 is 9.64 Å². The van der Waals surface area contributed by atoms with Crippen LogP contribution >= 0.6 is 0 Å². The van der Waals surface area contributed by atoms with Crippen LogP contribution in [0.3, 0.4) is 0 Å². The van der Waals surface area contributed by atoms with Crippen molar-refractivity contribution in [2.24, 2.45) is 5.41 Å². The molecular formula is C30H23NO5. The third kappa shape index (κ3) is 2.78. The highest BCUT2D eigenvalue weighted by molar-refractivity contribution is 6.32. The molecular weight excluding hydrogens is 454 g/mol. The second-order valence-electron chi connectivity index (χ2n) is 9.52. The Hall–Kier alpha value is -4.32. The van der Waals surface area contributed by atoms with Crippen LogP contribution in [-0.2, 0) is 9.59 Å². The maximum absolute atomic E-state index is 14.3. The number of hydrogen-bond donors (Lipinski definition) is 0. The standard InChI is InChI=1S/C30H23NO5/c1-17(32)26-25(19-9-4-3-5-10-19)30(28(34)21-12-6-7-13-22(21)29(30)35)24-16-15-20-11-8-14-23(36-18(2)33)27(20)31(24)26/h3-16,24-26H,1-2H3/t24-,25-,26-/m0/s1. The van der Waals surface area contributed by atoms with Crippen LogP contribution in [0.5, 0.6) is 5.75 Å². The van der Waals surface area contributed by atoms with Gasteiger partial charge in [-0.3, -0.25) is 19.2 Å². The van der Waals surface area contributed by atoms with E-state index in [1.54, 1.807) is 36.4 Å². The molecule has 6 heteroatoms. The van der Waals surface area contributed by atoms with Crippen LogP contribution in [0, 0.1) is 5.41 Å². The molecule has 3 aromatic carbocycles. The van der Waals surface area contributed by atoms with Gasteiger partial charge in [0.05, 0.1) is 17.8 Å². The highest BCUT2D eigenvalue weighted by Gasteiger charge is 2.71. The Morgan fingerprint density at radius 3 is 2.08 bits per heavy atom. The van der Waals surface area contributed by atoms with Crippen molar-refractivity contribution in [1.29, 1.82) is 0 Å². The summed E-state index contributed by atoms with van der Waals surface area (Å²) in [6.07, 6.45) is 3.69. The molecule has 1 fully saturated rings. The molecule has 3 aromatic rings. The van der Waals surface area contributed by atoms with Gasteiger partial charge in [0.2, 0.25) is 0 Å². The van der Waals surface area contributed by atoms with Gasteiger partial charge in [-0.2, -0.15) is 0 Å². The van der Waals surface area contributed by atoms with E-state index >= 15 is 0 Å². The van der Waals surface area contributed by atoms with Gasteiger partial charge in [-0.25, -0.2) is 0 Å². The normalized spacial score (nSPS) is 22.8. The van der Waals surface area contributed by atoms with Gasteiger partial charge in [0.25, 0.3) is 0 Å². The lowest BCUT2D eigenvalue weighted by Gasteiger charge is -2.37. The zero-order valence-corrected chi connectivity index (χ0v) is 19.8. The number of Topliss-reactive ketones (excluding diaryl/α,β-unsaturated/α-hetero) is 3. The summed E-state index contributed by atoms with van der Waals surface area (Å²) < 4.78 is 5.56. The number of nitrogens with zero attached hydrogens (tertiary/aromatic N) is 1. The molecule has 0 unspecified atom stereocenters. The fourth-order valence-electron chi connectivity index (χ4n) is 6.41. The minimum absolute atomic E-state index is 0.179. The SMILES string of the molecule is CC(=O)Oc1cccc2c1N1[C@@H](C=C2)C2(C(=O)c3ccccc3C2=O)[C@@H](c2ccccc2)[C@@H]1C(C)=O. The van der Waals surface area contributed by atoms with Gasteiger partial charge in [-0.15, -0.1) is 0 Å². The maximum atomic E-state index is 14.3. The Bertz CT molecular complexity index is 1450. The second kappa shape index (κ2) is 7.85. The third-order valence-corrected chi connectivity index (χ3v) is 7.62. The first-order valence-electron chi connectivity index (χ1n) is 11.9. The van der Waals surface area contributed by atoms with Crippen LogP contribution in [-0.4, -0.2) is 35.4 Å². The maximum Gasteiger partial charge on any atom is 0.308 e. The molecule has 0 saturated carbocycles. The quantitative estimate of drug-likeness (QED) is 0.311. The van der Waals surface area contributed by atoms with E-state index in [9.17, 15) is 19.2 Å². The van der Waals surface area contributed by atoms with Gasteiger partial charge in [0, 0.05) is 29.5 Å². The summed E-state index contributed by atoms with van der Waals surface area (Å²) in [6, 6.07) is 19.9. The monoisotopic (exact) mass is 477 g/mol. The molecule has 6 rings (SSSR count). The van der Waals surface area contributed by atoms with Crippen LogP contribution in [0.1, 0.15) is 51.6 Å². The Morgan fingerprint density at radius 1 is 0.833 bits per heavy atom. The fraction of sp³-hybridized carbons (Fsp3) is 0.200. The molecule has 0 N–H and O–H groups in total. The predicted molar refractivity (Wildman–Crippen MR) is 134 cm³/mol. The molecule has 1 spiro atoms. The number of rotatable bonds is 3. The lowest BCUT2D eigenvalue weighted by atomic mass is 9.64. The number of ether oxygens (including phenoxy) is 1. The van der Waals surface area contributed by atoms with Crippen molar-refractivity contribution in [3.05, 3.63) is 101 Å². The molecule has 0 bridgehead atoms. The lowest BCUT2D eigenvalue weighted by molar-refractivity contribution is -0.131. The smallest absolute Gasteiger partial charge is 0.308 e. The lowest BCUT2D eigenvalue weighted by Crippen LogP contribution is -2.48. The molecule has 2 aliphatic heterocycles. The summed E-state index contributed by atoms with van der Waals surface area (Å²) in [5, 5.41) is 0. The molecule has 1 saturated heterocycles. The Labute approximate surface area is 208 Å². The van der Waals surface area contributed by atoms with E-state index in [1.165, 1.54) is 13.8 Å². The van der Waals surface area contributed by atoms with Crippen molar-refractivity contribution >= 4 is 35.1 Å². The summed E-state index contributed by atoms with van der Waals surface area (Å²) in [5.41, 5.74) is 1.23. The predicted octanol–water partition coefficient (Wildman–Crippen LogP) is 4.63. The second-order valence-corrected chi connectivity index (χ2v) is 9.52. The summed E-state index contributed by atoms with van der Waals surface area (Å²) in [6.45, 7) is 2.80. The van der Waals surface area contributed by atoms with Gasteiger partial charge in [0.15, 0.2) is 23.1 Å². The molecule has 36 heavy (non-hydrogen) atoms. The molecule has 3 atom stereocenters. The van der Waals surface area contributed by atoms with Crippen molar-refractivity contribution in [3.8, 4) is 5.75 Å². The van der Waals surface area contributed by atoms with Gasteiger partial charge in [-0.1, -0.05) is 78.9 Å². The number of esters is 1. The number of carbonyl (C=O) groups excluding carboxylic acids is 4. The number of hydrogen-bond acceptors (Lipinski definition) is 6. The molecule has 0 radical (unpaired) electrons. The molecule has 178 valence electrons. The average molecular weight is 478 g/mol. The molecule has 2 heterocycles. The first kappa shape index (κ1) is 22.2. The van der Waals surface area contributed by atoms with Crippen molar-refractivity contribution in [1.82, 2.24) is 0 Å². The highest BCUT2D eigenvalue weighted by atomic mass is 16.5. The minimum Gasteiger partial charge on any atom is -0.424 e. The number of anilines is 1. The van der Waals surface area contributed by atoms with Gasteiger partial charge < -0.3 is 9.64 Å². The van der Waals surface area contributed by atoms with Crippen LogP contribution in [0.2, 0.25) is 0 Å². The van der Waals surface area contributed by atoms with E-state index < -0.39 is 29.4 Å². The van der Waals surface area contributed by atoms with E-state index in [-0.39, 0.29) is 17.3 Å². The van der Waals surface area contributed by atoms with Crippen molar-refractivity contribution < 1.29 is 23.9 Å². The van der Waals surface area contributed by atoms with E-state index in [0.717, 1.165) is 11.1 Å². The fourth-order valence-corrected chi connectivity index (χ4v) is 6.41. The van der Waals surface area contributed by atoms with Crippen molar-refractivity contribution in [2.75, 3.05) is 4.90 Å². The molecule has 0 aromatic heterocycles. The molecule has 0 amide bonds. The zero-order chi connectivity index (χ0) is 25.2.